The first-order valence-corrected chi connectivity index (χ1v) is 6.68. The number of rotatable bonds is 1. The summed E-state index contributed by atoms with van der Waals surface area (Å²) in [6, 6.07) is 2.05. The molecule has 4 heteroatoms. The van der Waals surface area contributed by atoms with E-state index in [0.717, 1.165) is 37.3 Å². The lowest BCUT2D eigenvalue weighted by Gasteiger charge is -2.22. The molecule has 2 aromatic rings. The molecular weight excluding hydrogens is 228 g/mol. The Bertz CT molecular complexity index is 564. The molecule has 1 atom stereocenters. The van der Waals surface area contributed by atoms with E-state index < -0.39 is 0 Å². The van der Waals surface area contributed by atoms with E-state index in [4.69, 9.17) is 9.15 Å². The zero-order chi connectivity index (χ0) is 11.9. The molecule has 4 nitrogen and oxygen atoms in total. The number of furan rings is 1. The van der Waals surface area contributed by atoms with Crippen molar-refractivity contribution in [2.24, 2.45) is 0 Å². The van der Waals surface area contributed by atoms with E-state index in [1.54, 1.807) is 6.26 Å². The predicted molar refractivity (Wildman–Crippen MR) is 66.2 cm³/mol. The summed E-state index contributed by atoms with van der Waals surface area (Å²) < 4.78 is 13.3. The fraction of sp³-hybridized carbons (Fsp3) is 0.500. The summed E-state index contributed by atoms with van der Waals surface area (Å²) in [6.45, 7) is 0.848. The summed E-state index contributed by atoms with van der Waals surface area (Å²) in [5, 5.41) is 4.69. The summed E-state index contributed by atoms with van der Waals surface area (Å²) in [5.74, 6) is 0.950. The van der Waals surface area contributed by atoms with Crippen molar-refractivity contribution in [2.45, 2.75) is 38.3 Å². The fourth-order valence-corrected chi connectivity index (χ4v) is 2.89. The first kappa shape index (κ1) is 10.4. The number of fused-ring (bicyclic) bond motifs is 3. The van der Waals surface area contributed by atoms with Crippen LogP contribution >= 0.6 is 0 Å². The maximum Gasteiger partial charge on any atom is 0.157 e. The van der Waals surface area contributed by atoms with Crippen molar-refractivity contribution in [3.05, 3.63) is 29.7 Å². The van der Waals surface area contributed by atoms with Gasteiger partial charge in [0.05, 0.1) is 6.26 Å². The molecule has 94 valence electrons. The molecule has 2 aromatic heterocycles. The Balaban J connectivity index is 1.73. The van der Waals surface area contributed by atoms with Crippen LogP contribution < -0.4 is 0 Å². The quantitative estimate of drug-likeness (QED) is 0.774. The summed E-state index contributed by atoms with van der Waals surface area (Å²) in [6.07, 6.45) is 9.56. The van der Waals surface area contributed by atoms with Gasteiger partial charge in [0.15, 0.2) is 5.76 Å². The number of hydrogen-bond acceptors (Lipinski definition) is 3. The van der Waals surface area contributed by atoms with Crippen molar-refractivity contribution in [1.82, 2.24) is 9.78 Å². The predicted octanol–water partition coefficient (Wildman–Crippen LogP) is 2.94. The largest absolute Gasteiger partial charge is 0.462 e. The Morgan fingerprint density at radius 1 is 1.22 bits per heavy atom. The van der Waals surface area contributed by atoms with E-state index in [1.807, 2.05) is 4.68 Å². The van der Waals surface area contributed by atoms with Crippen LogP contribution in [0.25, 0.3) is 11.5 Å². The summed E-state index contributed by atoms with van der Waals surface area (Å²) >= 11 is 0. The van der Waals surface area contributed by atoms with Gasteiger partial charge >= 0.3 is 0 Å². The van der Waals surface area contributed by atoms with E-state index in [0.29, 0.717) is 0 Å². The molecule has 1 aliphatic carbocycles. The third-order valence-corrected chi connectivity index (χ3v) is 3.88. The van der Waals surface area contributed by atoms with Crippen LogP contribution in [0.2, 0.25) is 0 Å². The number of ether oxygens (including phenoxy) is 1. The molecule has 0 spiro atoms. The van der Waals surface area contributed by atoms with Gasteiger partial charge in [0.2, 0.25) is 0 Å². The molecule has 0 amide bonds. The average molecular weight is 244 g/mol. The second-order valence-corrected chi connectivity index (χ2v) is 5.08. The van der Waals surface area contributed by atoms with Crippen LogP contribution in [0.5, 0.6) is 0 Å². The van der Waals surface area contributed by atoms with Crippen molar-refractivity contribution in [3.63, 3.8) is 0 Å². The monoisotopic (exact) mass is 244 g/mol. The second kappa shape index (κ2) is 3.99. The van der Waals surface area contributed by atoms with Crippen LogP contribution in [0.4, 0.5) is 0 Å². The molecule has 1 fully saturated rings. The molecule has 0 radical (unpaired) electrons. The summed E-state index contributed by atoms with van der Waals surface area (Å²) in [7, 11) is 0. The highest BCUT2D eigenvalue weighted by molar-refractivity contribution is 5.63. The molecule has 3 heterocycles. The van der Waals surface area contributed by atoms with E-state index >= 15 is 0 Å². The maximum atomic E-state index is 5.78. The molecule has 1 aliphatic heterocycles. The molecule has 1 saturated heterocycles. The molecule has 0 N–H and O–H groups in total. The molecule has 2 aliphatic rings. The topological polar surface area (TPSA) is 40.2 Å². The smallest absolute Gasteiger partial charge is 0.157 e. The summed E-state index contributed by atoms with van der Waals surface area (Å²) in [4.78, 5) is 0. The van der Waals surface area contributed by atoms with Gasteiger partial charge in [-0.3, -0.25) is 0 Å². The van der Waals surface area contributed by atoms with Gasteiger partial charge in [-0.2, -0.15) is 5.10 Å². The summed E-state index contributed by atoms with van der Waals surface area (Å²) in [5.41, 5.74) is 3.57. The molecule has 18 heavy (non-hydrogen) atoms. The minimum absolute atomic E-state index is 0.114. The van der Waals surface area contributed by atoms with Gasteiger partial charge in [0, 0.05) is 23.9 Å². The molecule has 0 saturated carbocycles. The van der Waals surface area contributed by atoms with Crippen LogP contribution in [0, 0.1) is 0 Å². The molecule has 4 rings (SSSR count). The maximum absolute atomic E-state index is 5.78. The number of aryl methyl sites for hydroxylation is 2. The first-order chi connectivity index (χ1) is 8.92. The van der Waals surface area contributed by atoms with Crippen molar-refractivity contribution in [3.8, 4) is 11.5 Å². The lowest BCUT2D eigenvalue weighted by molar-refractivity contribution is -0.0394. The minimum Gasteiger partial charge on any atom is -0.462 e. The molecular formula is C14H16N2O2. The first-order valence-electron chi connectivity index (χ1n) is 6.68. The lowest BCUT2D eigenvalue weighted by atomic mass is 9.97. The van der Waals surface area contributed by atoms with Crippen molar-refractivity contribution in [1.29, 1.82) is 0 Å². The Morgan fingerprint density at radius 3 is 3.06 bits per heavy atom. The average Bonchev–Trinajstić information content (AvgIpc) is 3.05. The van der Waals surface area contributed by atoms with E-state index in [-0.39, 0.29) is 6.23 Å². The van der Waals surface area contributed by atoms with Gasteiger partial charge in [-0.05, 0) is 38.2 Å². The lowest BCUT2D eigenvalue weighted by Crippen LogP contribution is -2.18. The Hall–Kier alpha value is -1.55. The van der Waals surface area contributed by atoms with Crippen LogP contribution in [-0.4, -0.2) is 16.4 Å². The van der Waals surface area contributed by atoms with Crippen LogP contribution in [0.15, 0.2) is 22.9 Å². The van der Waals surface area contributed by atoms with Gasteiger partial charge < -0.3 is 9.15 Å². The highest BCUT2D eigenvalue weighted by Gasteiger charge is 2.25. The Kier molecular flexibility index (Phi) is 2.30. The molecule has 1 unspecified atom stereocenters. The van der Waals surface area contributed by atoms with Crippen LogP contribution in [0.1, 0.15) is 36.6 Å². The van der Waals surface area contributed by atoms with Gasteiger partial charge in [0.1, 0.15) is 11.9 Å². The zero-order valence-corrected chi connectivity index (χ0v) is 10.3. The number of hydrogen-bond donors (Lipinski definition) is 0. The van der Waals surface area contributed by atoms with E-state index in [9.17, 15) is 0 Å². The Labute approximate surface area is 106 Å². The highest BCUT2D eigenvalue weighted by Crippen LogP contribution is 2.34. The van der Waals surface area contributed by atoms with Gasteiger partial charge in [-0.15, -0.1) is 0 Å². The zero-order valence-electron chi connectivity index (χ0n) is 10.3. The number of aromatic nitrogens is 2. The second-order valence-electron chi connectivity index (χ2n) is 5.08. The number of nitrogens with zero attached hydrogens (tertiary/aromatic N) is 2. The third kappa shape index (κ3) is 1.52. The van der Waals surface area contributed by atoms with Crippen LogP contribution in [-0.2, 0) is 17.6 Å². The fourth-order valence-electron chi connectivity index (χ4n) is 2.89. The van der Waals surface area contributed by atoms with Crippen molar-refractivity contribution in [2.75, 3.05) is 6.61 Å². The third-order valence-electron chi connectivity index (χ3n) is 3.88. The van der Waals surface area contributed by atoms with Crippen LogP contribution in [0.3, 0.4) is 0 Å². The normalized spacial score (nSPS) is 22.6. The standard InChI is InChI=1S/C14H16N2O2/c1-2-7-17-12(3-1)16-9-11-5-4-10-6-8-18-14(10)13(11)15-16/h6,8-9,12H,1-5,7H2. The van der Waals surface area contributed by atoms with Gasteiger partial charge in [-0.1, -0.05) is 0 Å². The molecule has 0 bridgehead atoms. The van der Waals surface area contributed by atoms with Crippen molar-refractivity contribution < 1.29 is 9.15 Å². The van der Waals surface area contributed by atoms with Crippen molar-refractivity contribution >= 4 is 0 Å². The van der Waals surface area contributed by atoms with E-state index in [1.165, 1.54) is 24.0 Å². The van der Waals surface area contributed by atoms with Gasteiger partial charge in [-0.25, -0.2) is 4.68 Å². The van der Waals surface area contributed by atoms with Gasteiger partial charge in [0.25, 0.3) is 0 Å². The minimum atomic E-state index is 0.114. The van der Waals surface area contributed by atoms with E-state index in [2.05, 4.69) is 17.4 Å². The SMILES string of the molecule is c1cc2c(o1)-c1nn(C3CCCCO3)cc1CC2. The Morgan fingerprint density at radius 2 is 2.17 bits per heavy atom. The highest BCUT2D eigenvalue weighted by atomic mass is 16.5. The molecule has 0 aromatic carbocycles.